The number of carbonyl (C=O) groups is 1. The monoisotopic (exact) mass is 235 g/mol. The van der Waals surface area contributed by atoms with Crippen molar-refractivity contribution in [2.45, 2.75) is 13.0 Å². The lowest BCUT2D eigenvalue weighted by atomic mass is 10.2. The third kappa shape index (κ3) is 3.11. The molecule has 90 valence electrons. The molecule has 1 rings (SSSR count). The number of rotatable bonds is 4. The molecule has 0 radical (unpaired) electrons. The van der Waals surface area contributed by atoms with Gasteiger partial charge in [-0.05, 0) is 25.1 Å². The van der Waals surface area contributed by atoms with Gasteiger partial charge in [0.05, 0.1) is 14.2 Å². The SMILES string of the molecule is COc1ccc(OC)c(C(=O)O[C@@H](C)C#N)c1. The highest BCUT2D eigenvalue weighted by Crippen LogP contribution is 2.24. The summed E-state index contributed by atoms with van der Waals surface area (Å²) in [5, 5.41) is 8.57. The number of hydrogen-bond acceptors (Lipinski definition) is 5. The maximum absolute atomic E-state index is 11.8. The molecule has 0 saturated heterocycles. The molecule has 0 spiro atoms. The molecular formula is C12H13NO4. The molecular weight excluding hydrogens is 222 g/mol. The molecule has 0 aliphatic heterocycles. The van der Waals surface area contributed by atoms with Crippen LogP contribution in [0.2, 0.25) is 0 Å². The van der Waals surface area contributed by atoms with Crippen molar-refractivity contribution in [1.29, 1.82) is 5.26 Å². The van der Waals surface area contributed by atoms with E-state index in [2.05, 4.69) is 0 Å². The van der Waals surface area contributed by atoms with Crippen LogP contribution in [0.4, 0.5) is 0 Å². The second-order valence-corrected chi connectivity index (χ2v) is 3.24. The van der Waals surface area contributed by atoms with Crippen LogP contribution in [0.5, 0.6) is 11.5 Å². The molecule has 5 nitrogen and oxygen atoms in total. The maximum atomic E-state index is 11.8. The smallest absolute Gasteiger partial charge is 0.343 e. The van der Waals surface area contributed by atoms with Crippen LogP contribution in [0.15, 0.2) is 18.2 Å². The number of nitrogens with zero attached hydrogens (tertiary/aromatic N) is 1. The lowest BCUT2D eigenvalue weighted by molar-refractivity contribution is 0.0431. The average molecular weight is 235 g/mol. The molecule has 0 N–H and O–H groups in total. The van der Waals surface area contributed by atoms with Crippen LogP contribution in [0.3, 0.4) is 0 Å². The fourth-order valence-electron chi connectivity index (χ4n) is 1.22. The molecule has 0 bridgehead atoms. The van der Waals surface area contributed by atoms with Gasteiger partial charge in [0, 0.05) is 0 Å². The summed E-state index contributed by atoms with van der Waals surface area (Å²) >= 11 is 0. The molecule has 1 aromatic carbocycles. The standard InChI is InChI=1S/C12H13NO4/c1-8(7-13)17-12(14)10-6-9(15-2)4-5-11(10)16-3/h4-6,8H,1-3H3/t8-/m0/s1. The summed E-state index contributed by atoms with van der Waals surface area (Å²) in [4.78, 5) is 11.8. The third-order valence-corrected chi connectivity index (χ3v) is 2.09. The first-order chi connectivity index (χ1) is 8.12. The Kier molecular flexibility index (Phi) is 4.35. The van der Waals surface area contributed by atoms with E-state index < -0.39 is 12.1 Å². The first-order valence-corrected chi connectivity index (χ1v) is 4.95. The van der Waals surface area contributed by atoms with Gasteiger partial charge in [-0.2, -0.15) is 5.26 Å². The normalized spacial score (nSPS) is 11.2. The van der Waals surface area contributed by atoms with Gasteiger partial charge in [-0.15, -0.1) is 0 Å². The van der Waals surface area contributed by atoms with E-state index >= 15 is 0 Å². The van der Waals surface area contributed by atoms with E-state index in [1.807, 2.05) is 6.07 Å². The number of hydrogen-bond donors (Lipinski definition) is 0. The molecule has 0 aliphatic carbocycles. The number of carbonyl (C=O) groups excluding carboxylic acids is 1. The van der Waals surface area contributed by atoms with Crippen LogP contribution in [-0.2, 0) is 4.74 Å². The largest absolute Gasteiger partial charge is 0.497 e. The first-order valence-electron chi connectivity index (χ1n) is 4.95. The van der Waals surface area contributed by atoms with Gasteiger partial charge in [0.15, 0.2) is 6.10 Å². The van der Waals surface area contributed by atoms with E-state index in [1.165, 1.54) is 27.2 Å². The van der Waals surface area contributed by atoms with Crippen LogP contribution < -0.4 is 9.47 Å². The predicted molar refractivity (Wildman–Crippen MR) is 60.0 cm³/mol. The Bertz CT molecular complexity index is 450. The van der Waals surface area contributed by atoms with E-state index in [0.29, 0.717) is 11.5 Å². The Hall–Kier alpha value is -2.22. The zero-order chi connectivity index (χ0) is 12.8. The second-order valence-electron chi connectivity index (χ2n) is 3.24. The lowest BCUT2D eigenvalue weighted by Crippen LogP contribution is -2.14. The Morgan fingerprint density at radius 1 is 1.35 bits per heavy atom. The molecule has 0 aromatic heterocycles. The van der Waals surface area contributed by atoms with Gasteiger partial charge in [0.1, 0.15) is 23.1 Å². The van der Waals surface area contributed by atoms with Crippen LogP contribution >= 0.6 is 0 Å². The van der Waals surface area contributed by atoms with Crippen molar-refractivity contribution in [2.24, 2.45) is 0 Å². The molecule has 17 heavy (non-hydrogen) atoms. The fourth-order valence-corrected chi connectivity index (χ4v) is 1.22. The molecule has 1 atom stereocenters. The minimum Gasteiger partial charge on any atom is -0.497 e. The van der Waals surface area contributed by atoms with Crippen molar-refractivity contribution in [3.05, 3.63) is 23.8 Å². The van der Waals surface area contributed by atoms with E-state index in [0.717, 1.165) is 0 Å². The van der Waals surface area contributed by atoms with Gasteiger partial charge < -0.3 is 14.2 Å². The summed E-state index contributed by atoms with van der Waals surface area (Å²) in [6.45, 7) is 1.49. The number of ether oxygens (including phenoxy) is 3. The molecule has 1 aromatic rings. The highest BCUT2D eigenvalue weighted by atomic mass is 16.5. The molecule has 0 amide bonds. The van der Waals surface area contributed by atoms with Crippen LogP contribution in [-0.4, -0.2) is 26.3 Å². The van der Waals surface area contributed by atoms with Crippen molar-refractivity contribution < 1.29 is 19.0 Å². The minimum atomic E-state index is -0.807. The van der Waals surface area contributed by atoms with Crippen LogP contribution in [0, 0.1) is 11.3 Å². The number of esters is 1. The minimum absolute atomic E-state index is 0.231. The van der Waals surface area contributed by atoms with Gasteiger partial charge >= 0.3 is 5.97 Å². The average Bonchev–Trinajstić information content (AvgIpc) is 2.37. The predicted octanol–water partition coefficient (Wildman–Crippen LogP) is 1.77. The van der Waals surface area contributed by atoms with E-state index in [9.17, 15) is 4.79 Å². The summed E-state index contributed by atoms with van der Waals surface area (Å²) < 4.78 is 14.9. The van der Waals surface area contributed by atoms with Crippen molar-refractivity contribution >= 4 is 5.97 Å². The third-order valence-electron chi connectivity index (χ3n) is 2.09. The molecule has 0 unspecified atom stereocenters. The zero-order valence-electron chi connectivity index (χ0n) is 9.89. The quantitative estimate of drug-likeness (QED) is 0.744. The van der Waals surface area contributed by atoms with Gasteiger partial charge in [0.25, 0.3) is 0 Å². The molecule has 0 fully saturated rings. The Morgan fingerprint density at radius 3 is 2.59 bits per heavy atom. The van der Waals surface area contributed by atoms with Crippen LogP contribution in [0.25, 0.3) is 0 Å². The van der Waals surface area contributed by atoms with E-state index in [4.69, 9.17) is 19.5 Å². The van der Waals surface area contributed by atoms with Gasteiger partial charge in [-0.1, -0.05) is 0 Å². The van der Waals surface area contributed by atoms with Gasteiger partial charge in [-0.25, -0.2) is 4.79 Å². The van der Waals surface area contributed by atoms with E-state index in [1.54, 1.807) is 12.1 Å². The maximum Gasteiger partial charge on any atom is 0.343 e. The summed E-state index contributed by atoms with van der Waals surface area (Å²) in [7, 11) is 2.95. The molecule has 0 heterocycles. The summed E-state index contributed by atoms with van der Waals surface area (Å²) in [6.07, 6.45) is -0.807. The number of benzene rings is 1. The Morgan fingerprint density at radius 2 is 2.06 bits per heavy atom. The van der Waals surface area contributed by atoms with Gasteiger partial charge in [-0.3, -0.25) is 0 Å². The Labute approximate surface area is 99.5 Å². The highest BCUT2D eigenvalue weighted by Gasteiger charge is 2.17. The van der Waals surface area contributed by atoms with E-state index in [-0.39, 0.29) is 5.56 Å². The van der Waals surface area contributed by atoms with Crippen molar-refractivity contribution in [2.75, 3.05) is 14.2 Å². The summed E-state index contributed by atoms with van der Waals surface area (Å²) in [6, 6.07) is 6.60. The lowest BCUT2D eigenvalue weighted by Gasteiger charge is -2.11. The van der Waals surface area contributed by atoms with Crippen molar-refractivity contribution in [3.8, 4) is 17.6 Å². The second kappa shape index (κ2) is 5.75. The first kappa shape index (κ1) is 12.8. The fraction of sp³-hybridized carbons (Fsp3) is 0.333. The summed E-state index contributed by atoms with van der Waals surface area (Å²) in [5.41, 5.74) is 0.231. The zero-order valence-corrected chi connectivity index (χ0v) is 9.89. The summed E-state index contributed by atoms with van der Waals surface area (Å²) in [5.74, 6) is 0.276. The number of nitriles is 1. The number of methoxy groups -OCH3 is 2. The van der Waals surface area contributed by atoms with Crippen molar-refractivity contribution in [3.63, 3.8) is 0 Å². The Balaban J connectivity index is 3.02. The molecule has 0 saturated carbocycles. The van der Waals surface area contributed by atoms with Gasteiger partial charge in [0.2, 0.25) is 0 Å². The molecule has 0 aliphatic rings. The topological polar surface area (TPSA) is 68.6 Å². The van der Waals surface area contributed by atoms with Crippen LogP contribution in [0.1, 0.15) is 17.3 Å². The highest BCUT2D eigenvalue weighted by molar-refractivity contribution is 5.93. The molecule has 5 heteroatoms. The van der Waals surface area contributed by atoms with Crippen molar-refractivity contribution in [1.82, 2.24) is 0 Å².